The highest BCUT2D eigenvalue weighted by Gasteiger charge is 2.38. The molecule has 0 aliphatic rings. The summed E-state index contributed by atoms with van der Waals surface area (Å²) >= 11 is 0. The van der Waals surface area contributed by atoms with Gasteiger partial charge in [0.25, 0.3) is 0 Å². The minimum absolute atomic E-state index is 0.208. The van der Waals surface area contributed by atoms with Crippen molar-refractivity contribution in [3.05, 3.63) is 35.1 Å². The number of rotatable bonds is 3. The highest BCUT2D eigenvalue weighted by Crippen LogP contribution is 2.22. The topological polar surface area (TPSA) is 51.2 Å². The summed E-state index contributed by atoms with van der Waals surface area (Å²) in [5, 5.41) is 0. The van der Waals surface area contributed by atoms with Crippen LogP contribution >= 0.6 is 0 Å². The molecule has 1 rings (SSSR count). The SMILES string of the molecule is Cc1cc(C(=O)C(C)(C)S(C)(=O)=O)ccc1F. The van der Waals surface area contributed by atoms with Crippen molar-refractivity contribution in [3.63, 3.8) is 0 Å². The largest absolute Gasteiger partial charge is 0.292 e. The second-order valence-corrected chi connectivity index (χ2v) is 7.14. The lowest BCUT2D eigenvalue weighted by molar-refractivity contribution is 0.0954. The van der Waals surface area contributed by atoms with Gasteiger partial charge >= 0.3 is 0 Å². The predicted molar refractivity (Wildman–Crippen MR) is 64.4 cm³/mol. The predicted octanol–water partition coefficient (Wildman–Crippen LogP) is 2.14. The Morgan fingerprint density at radius 1 is 1.29 bits per heavy atom. The number of ketones is 1. The standard InChI is InChI=1S/C12H15FO3S/c1-8-7-9(5-6-10(8)13)11(14)12(2,3)17(4,15)16/h5-7H,1-4H3. The minimum Gasteiger partial charge on any atom is -0.292 e. The molecule has 3 nitrogen and oxygen atoms in total. The van der Waals surface area contributed by atoms with E-state index >= 15 is 0 Å². The van der Waals surface area contributed by atoms with Crippen LogP contribution in [0.15, 0.2) is 18.2 Å². The molecule has 0 aliphatic heterocycles. The number of hydrogen-bond acceptors (Lipinski definition) is 3. The van der Waals surface area contributed by atoms with Crippen molar-refractivity contribution in [2.75, 3.05) is 6.26 Å². The summed E-state index contributed by atoms with van der Waals surface area (Å²) in [6.45, 7) is 4.23. The molecule has 0 spiro atoms. The van der Waals surface area contributed by atoms with Crippen molar-refractivity contribution in [2.24, 2.45) is 0 Å². The maximum absolute atomic E-state index is 13.1. The van der Waals surface area contributed by atoms with Gasteiger partial charge in [-0.05, 0) is 44.5 Å². The van der Waals surface area contributed by atoms with E-state index in [0.717, 1.165) is 6.26 Å². The van der Waals surface area contributed by atoms with E-state index in [2.05, 4.69) is 0 Å². The van der Waals surface area contributed by atoms with Crippen LogP contribution in [0.3, 0.4) is 0 Å². The van der Waals surface area contributed by atoms with E-state index < -0.39 is 26.2 Å². The van der Waals surface area contributed by atoms with E-state index in [-0.39, 0.29) is 5.56 Å². The Morgan fingerprint density at radius 2 is 1.82 bits per heavy atom. The minimum atomic E-state index is -3.52. The summed E-state index contributed by atoms with van der Waals surface area (Å²) in [6.07, 6.45) is 1.02. The Bertz CT molecular complexity index is 559. The van der Waals surface area contributed by atoms with E-state index in [0.29, 0.717) is 5.56 Å². The van der Waals surface area contributed by atoms with Crippen molar-refractivity contribution >= 4 is 15.6 Å². The van der Waals surface area contributed by atoms with Gasteiger partial charge in [-0.15, -0.1) is 0 Å². The average molecular weight is 258 g/mol. The van der Waals surface area contributed by atoms with Crippen LogP contribution in [0.1, 0.15) is 29.8 Å². The lowest BCUT2D eigenvalue weighted by Crippen LogP contribution is -2.40. The Balaban J connectivity index is 3.27. The first-order chi connectivity index (χ1) is 7.57. The molecule has 0 radical (unpaired) electrons. The molecule has 0 aromatic heterocycles. The molecule has 0 saturated heterocycles. The number of carbonyl (C=O) groups is 1. The number of aryl methyl sites for hydroxylation is 1. The van der Waals surface area contributed by atoms with Gasteiger partial charge in [-0.1, -0.05) is 0 Å². The van der Waals surface area contributed by atoms with Gasteiger partial charge in [0.05, 0.1) is 0 Å². The first-order valence-electron chi connectivity index (χ1n) is 5.08. The molecule has 17 heavy (non-hydrogen) atoms. The third-order valence-corrected chi connectivity index (χ3v) is 4.93. The third kappa shape index (κ3) is 2.54. The number of benzene rings is 1. The molecule has 0 amide bonds. The fourth-order valence-corrected chi connectivity index (χ4v) is 1.76. The summed E-state index contributed by atoms with van der Waals surface area (Å²) in [4.78, 5) is 12.1. The fourth-order valence-electron chi connectivity index (χ4n) is 1.30. The van der Waals surface area contributed by atoms with Gasteiger partial charge in [0, 0.05) is 11.8 Å². The number of hydrogen-bond donors (Lipinski definition) is 0. The van der Waals surface area contributed by atoms with Crippen molar-refractivity contribution in [1.82, 2.24) is 0 Å². The molecule has 0 bridgehead atoms. The summed E-state index contributed by atoms with van der Waals surface area (Å²) in [7, 11) is -3.52. The molecule has 0 aliphatic carbocycles. The zero-order chi connectivity index (χ0) is 13.4. The van der Waals surface area contributed by atoms with Crippen LogP contribution in [0.25, 0.3) is 0 Å². The van der Waals surface area contributed by atoms with Crippen LogP contribution in [-0.2, 0) is 9.84 Å². The molecule has 0 unspecified atom stereocenters. The first-order valence-corrected chi connectivity index (χ1v) is 6.97. The summed E-state index contributed by atoms with van der Waals surface area (Å²) in [5.74, 6) is -0.943. The molecule has 0 fully saturated rings. The van der Waals surface area contributed by atoms with Gasteiger partial charge in [0.2, 0.25) is 0 Å². The lowest BCUT2D eigenvalue weighted by Gasteiger charge is -2.21. The molecular formula is C12H15FO3S. The summed E-state index contributed by atoms with van der Waals surface area (Å²) in [5.41, 5.74) is 0.527. The monoisotopic (exact) mass is 258 g/mol. The van der Waals surface area contributed by atoms with Crippen molar-refractivity contribution in [3.8, 4) is 0 Å². The van der Waals surface area contributed by atoms with Crippen LogP contribution in [0.2, 0.25) is 0 Å². The smallest absolute Gasteiger partial charge is 0.183 e. The first kappa shape index (κ1) is 13.8. The zero-order valence-electron chi connectivity index (χ0n) is 10.2. The molecule has 0 saturated carbocycles. The Morgan fingerprint density at radius 3 is 2.24 bits per heavy atom. The van der Waals surface area contributed by atoms with Crippen molar-refractivity contribution < 1.29 is 17.6 Å². The van der Waals surface area contributed by atoms with E-state index in [9.17, 15) is 17.6 Å². The lowest BCUT2D eigenvalue weighted by atomic mass is 9.99. The van der Waals surface area contributed by atoms with Crippen LogP contribution in [0, 0.1) is 12.7 Å². The van der Waals surface area contributed by atoms with Gasteiger partial charge in [0.15, 0.2) is 15.6 Å². The maximum atomic E-state index is 13.1. The molecule has 0 N–H and O–H groups in total. The molecule has 5 heteroatoms. The average Bonchev–Trinajstić information content (AvgIpc) is 2.19. The number of sulfone groups is 1. The Kier molecular flexibility index (Phi) is 3.43. The number of carbonyl (C=O) groups excluding carboxylic acids is 1. The second kappa shape index (κ2) is 4.22. The molecule has 0 heterocycles. The number of Topliss-reactive ketones (excluding diaryl/α,β-unsaturated/α-hetero) is 1. The Hall–Kier alpha value is -1.23. The summed E-state index contributed by atoms with van der Waals surface area (Å²) in [6, 6.07) is 3.84. The zero-order valence-corrected chi connectivity index (χ0v) is 11.1. The van der Waals surface area contributed by atoms with E-state index in [1.165, 1.54) is 39.0 Å². The Labute approximate surface area is 101 Å². The van der Waals surface area contributed by atoms with Crippen LogP contribution in [-0.4, -0.2) is 25.2 Å². The quantitative estimate of drug-likeness (QED) is 0.780. The molecule has 1 aromatic carbocycles. The van der Waals surface area contributed by atoms with Gasteiger partial charge in [-0.25, -0.2) is 12.8 Å². The van der Waals surface area contributed by atoms with Crippen molar-refractivity contribution in [2.45, 2.75) is 25.5 Å². The number of halogens is 1. The van der Waals surface area contributed by atoms with Crippen LogP contribution in [0.5, 0.6) is 0 Å². The van der Waals surface area contributed by atoms with Crippen molar-refractivity contribution in [1.29, 1.82) is 0 Å². The molecular weight excluding hydrogens is 243 g/mol. The third-order valence-electron chi connectivity index (χ3n) is 2.89. The fraction of sp³-hybridized carbons (Fsp3) is 0.417. The van der Waals surface area contributed by atoms with E-state index in [1.54, 1.807) is 0 Å². The second-order valence-electron chi connectivity index (χ2n) is 4.58. The maximum Gasteiger partial charge on any atom is 0.183 e. The van der Waals surface area contributed by atoms with Gasteiger partial charge < -0.3 is 0 Å². The van der Waals surface area contributed by atoms with E-state index in [1.807, 2.05) is 0 Å². The van der Waals surface area contributed by atoms with Gasteiger partial charge in [0.1, 0.15) is 10.6 Å². The summed E-state index contributed by atoms with van der Waals surface area (Å²) < 4.78 is 34.6. The molecule has 1 aromatic rings. The molecule has 94 valence electrons. The van der Waals surface area contributed by atoms with Crippen LogP contribution in [0.4, 0.5) is 4.39 Å². The van der Waals surface area contributed by atoms with Gasteiger partial charge in [-0.3, -0.25) is 4.79 Å². The van der Waals surface area contributed by atoms with Gasteiger partial charge in [-0.2, -0.15) is 0 Å². The van der Waals surface area contributed by atoms with E-state index in [4.69, 9.17) is 0 Å². The highest BCUT2D eigenvalue weighted by molar-refractivity contribution is 7.92. The normalized spacial score (nSPS) is 12.5. The van der Waals surface area contributed by atoms with Crippen LogP contribution < -0.4 is 0 Å². The molecule has 0 atom stereocenters. The highest BCUT2D eigenvalue weighted by atomic mass is 32.2.